The Bertz CT molecular complexity index is 664. The van der Waals surface area contributed by atoms with E-state index in [0.717, 1.165) is 36.6 Å². The lowest BCUT2D eigenvalue weighted by Gasteiger charge is -2.27. The van der Waals surface area contributed by atoms with Crippen LogP contribution in [0, 0.1) is 0 Å². The number of ether oxygens (including phenoxy) is 1. The van der Waals surface area contributed by atoms with E-state index in [1.807, 2.05) is 24.3 Å². The number of rotatable bonds is 3. The summed E-state index contributed by atoms with van der Waals surface area (Å²) < 4.78 is 6.11. The van der Waals surface area contributed by atoms with Crippen LogP contribution in [0.2, 0.25) is 0 Å². The molecule has 0 saturated heterocycles. The molecule has 4 N–H and O–H groups in total. The second-order valence-corrected chi connectivity index (χ2v) is 5.54. The van der Waals surface area contributed by atoms with E-state index in [4.69, 9.17) is 16.2 Å². The van der Waals surface area contributed by atoms with Gasteiger partial charge in [0.2, 0.25) is 0 Å². The largest absolute Gasteiger partial charge is 0.489 e. The fraction of sp³-hybridized carbons (Fsp3) is 0.375. The van der Waals surface area contributed by atoms with Crippen molar-refractivity contribution < 1.29 is 9.53 Å². The number of primary amides is 1. The van der Waals surface area contributed by atoms with Crippen molar-refractivity contribution >= 4 is 16.8 Å². The number of benzene rings is 1. The Balaban J connectivity index is 1.98. The molecule has 1 saturated carbocycles. The maximum Gasteiger partial charge on any atom is 0.254 e. The van der Waals surface area contributed by atoms with Gasteiger partial charge in [-0.1, -0.05) is 12.1 Å². The number of carbonyl (C=O) groups excluding carboxylic acids is 1. The Labute approximate surface area is 123 Å². The molecule has 110 valence electrons. The number of hydrogen-bond donors (Lipinski definition) is 2. The number of pyridine rings is 1. The van der Waals surface area contributed by atoms with Gasteiger partial charge in [0.05, 0.1) is 11.6 Å². The molecule has 1 fully saturated rings. The zero-order chi connectivity index (χ0) is 14.8. The number of nitrogens with two attached hydrogens (primary N) is 2. The molecule has 5 nitrogen and oxygen atoms in total. The number of para-hydroxylation sites is 1. The lowest BCUT2D eigenvalue weighted by Crippen LogP contribution is -2.32. The normalized spacial score (nSPS) is 22.1. The first kappa shape index (κ1) is 13.8. The van der Waals surface area contributed by atoms with E-state index < -0.39 is 5.91 Å². The Hall–Kier alpha value is -2.14. The van der Waals surface area contributed by atoms with Gasteiger partial charge in [0.15, 0.2) is 0 Å². The molecule has 5 heteroatoms. The molecule has 0 unspecified atom stereocenters. The molecule has 1 aliphatic carbocycles. The van der Waals surface area contributed by atoms with Crippen LogP contribution in [-0.2, 0) is 0 Å². The van der Waals surface area contributed by atoms with E-state index in [2.05, 4.69) is 4.98 Å². The van der Waals surface area contributed by atoms with Crippen LogP contribution in [0.5, 0.6) is 5.75 Å². The number of nitrogens with zero attached hydrogens (tertiary/aromatic N) is 1. The molecule has 1 amide bonds. The van der Waals surface area contributed by atoms with Crippen LogP contribution in [0.25, 0.3) is 10.9 Å². The molecule has 1 aliphatic rings. The molecule has 0 radical (unpaired) electrons. The fourth-order valence-electron chi connectivity index (χ4n) is 2.79. The first-order valence-electron chi connectivity index (χ1n) is 7.25. The van der Waals surface area contributed by atoms with Crippen molar-refractivity contribution in [1.29, 1.82) is 0 Å². The standard InChI is InChI=1S/C16H19N3O2/c17-10-5-7-11(8-6-10)21-15-12-3-1-2-4-14(12)19-9-13(15)16(18)20/h1-4,9-11H,5-8,17H2,(H2,18,20). The maximum atomic E-state index is 11.6. The van der Waals surface area contributed by atoms with Crippen LogP contribution >= 0.6 is 0 Å². The van der Waals surface area contributed by atoms with Crippen LogP contribution in [0.15, 0.2) is 30.5 Å². The summed E-state index contributed by atoms with van der Waals surface area (Å²) in [6.45, 7) is 0. The molecule has 0 atom stereocenters. The predicted molar refractivity (Wildman–Crippen MR) is 81.1 cm³/mol. The third-order valence-corrected chi connectivity index (χ3v) is 3.99. The van der Waals surface area contributed by atoms with Crippen molar-refractivity contribution in [3.8, 4) is 5.75 Å². The molecule has 1 heterocycles. The van der Waals surface area contributed by atoms with Gasteiger partial charge in [-0.2, -0.15) is 0 Å². The van der Waals surface area contributed by atoms with Crippen molar-refractivity contribution in [2.75, 3.05) is 0 Å². The highest BCUT2D eigenvalue weighted by molar-refractivity contribution is 6.01. The summed E-state index contributed by atoms with van der Waals surface area (Å²) in [5.74, 6) is 0.0318. The number of aromatic nitrogens is 1. The van der Waals surface area contributed by atoms with Crippen molar-refractivity contribution in [3.05, 3.63) is 36.0 Å². The third kappa shape index (κ3) is 2.83. The third-order valence-electron chi connectivity index (χ3n) is 3.99. The average Bonchev–Trinajstić information content (AvgIpc) is 2.49. The first-order chi connectivity index (χ1) is 10.1. The minimum atomic E-state index is -0.518. The highest BCUT2D eigenvalue weighted by atomic mass is 16.5. The van der Waals surface area contributed by atoms with Crippen molar-refractivity contribution in [2.45, 2.75) is 37.8 Å². The molecule has 1 aromatic carbocycles. The summed E-state index contributed by atoms with van der Waals surface area (Å²) in [5, 5.41) is 0.823. The summed E-state index contributed by atoms with van der Waals surface area (Å²) in [6.07, 6.45) is 5.26. The van der Waals surface area contributed by atoms with Crippen molar-refractivity contribution in [2.24, 2.45) is 11.5 Å². The Morgan fingerprint density at radius 2 is 1.90 bits per heavy atom. The van der Waals surface area contributed by atoms with Gasteiger partial charge in [-0.25, -0.2) is 0 Å². The summed E-state index contributed by atoms with van der Waals surface area (Å²) in [4.78, 5) is 15.9. The molecule has 21 heavy (non-hydrogen) atoms. The maximum absolute atomic E-state index is 11.6. The van der Waals surface area contributed by atoms with Crippen LogP contribution in [0.3, 0.4) is 0 Å². The number of carbonyl (C=O) groups is 1. The van der Waals surface area contributed by atoms with Gasteiger partial charge in [0, 0.05) is 17.6 Å². The highest BCUT2D eigenvalue weighted by Gasteiger charge is 2.23. The minimum absolute atomic E-state index is 0.0775. The summed E-state index contributed by atoms with van der Waals surface area (Å²) in [6, 6.07) is 7.86. The van der Waals surface area contributed by atoms with Gasteiger partial charge in [0.25, 0.3) is 5.91 Å². The van der Waals surface area contributed by atoms with Gasteiger partial charge in [0.1, 0.15) is 11.3 Å². The average molecular weight is 285 g/mol. The van der Waals surface area contributed by atoms with E-state index in [-0.39, 0.29) is 12.1 Å². The molecular formula is C16H19N3O2. The predicted octanol–water partition coefficient (Wildman–Crippen LogP) is 1.98. The van der Waals surface area contributed by atoms with Crippen LogP contribution < -0.4 is 16.2 Å². The van der Waals surface area contributed by atoms with Gasteiger partial charge < -0.3 is 16.2 Å². The zero-order valence-electron chi connectivity index (χ0n) is 11.8. The van der Waals surface area contributed by atoms with Crippen molar-refractivity contribution in [3.63, 3.8) is 0 Å². The van der Waals surface area contributed by atoms with Crippen molar-refractivity contribution in [1.82, 2.24) is 4.98 Å². The van der Waals surface area contributed by atoms with E-state index >= 15 is 0 Å². The topological polar surface area (TPSA) is 91.2 Å². The van der Waals surface area contributed by atoms with E-state index in [0.29, 0.717) is 11.3 Å². The Morgan fingerprint density at radius 1 is 1.19 bits per heavy atom. The summed E-state index contributed by atoms with van der Waals surface area (Å²) in [5.41, 5.74) is 12.5. The lowest BCUT2D eigenvalue weighted by molar-refractivity contribution is 0.0987. The number of hydrogen-bond acceptors (Lipinski definition) is 4. The fourth-order valence-corrected chi connectivity index (χ4v) is 2.79. The van der Waals surface area contributed by atoms with Gasteiger partial charge >= 0.3 is 0 Å². The van der Waals surface area contributed by atoms with Crippen LogP contribution in [0.1, 0.15) is 36.0 Å². The van der Waals surface area contributed by atoms with Gasteiger partial charge in [-0.15, -0.1) is 0 Å². The number of amides is 1. The summed E-state index contributed by atoms with van der Waals surface area (Å²) in [7, 11) is 0. The molecular weight excluding hydrogens is 266 g/mol. The summed E-state index contributed by atoms with van der Waals surface area (Å²) >= 11 is 0. The second-order valence-electron chi connectivity index (χ2n) is 5.54. The van der Waals surface area contributed by atoms with E-state index in [9.17, 15) is 4.79 Å². The van der Waals surface area contributed by atoms with Gasteiger partial charge in [-0.05, 0) is 37.8 Å². The zero-order valence-corrected chi connectivity index (χ0v) is 11.8. The molecule has 3 rings (SSSR count). The Morgan fingerprint density at radius 3 is 2.62 bits per heavy atom. The molecule has 0 aliphatic heterocycles. The lowest BCUT2D eigenvalue weighted by atomic mass is 9.93. The molecule has 0 bridgehead atoms. The monoisotopic (exact) mass is 285 g/mol. The molecule has 2 aromatic rings. The second kappa shape index (κ2) is 5.69. The SMILES string of the molecule is NC(=O)c1cnc2ccccc2c1OC1CCC(N)CC1. The van der Waals surface area contributed by atoms with Gasteiger partial charge in [-0.3, -0.25) is 9.78 Å². The van der Waals surface area contributed by atoms with E-state index in [1.165, 1.54) is 6.20 Å². The molecule has 1 aromatic heterocycles. The molecule has 0 spiro atoms. The van der Waals surface area contributed by atoms with Crippen LogP contribution in [0.4, 0.5) is 0 Å². The number of fused-ring (bicyclic) bond motifs is 1. The first-order valence-corrected chi connectivity index (χ1v) is 7.25. The highest BCUT2D eigenvalue weighted by Crippen LogP contribution is 2.31. The smallest absolute Gasteiger partial charge is 0.254 e. The van der Waals surface area contributed by atoms with Crippen LogP contribution in [-0.4, -0.2) is 23.0 Å². The minimum Gasteiger partial charge on any atom is -0.489 e. The quantitative estimate of drug-likeness (QED) is 0.902. The van der Waals surface area contributed by atoms with E-state index in [1.54, 1.807) is 0 Å². The Kier molecular flexibility index (Phi) is 3.75.